The van der Waals surface area contributed by atoms with Crippen LogP contribution in [0.5, 0.6) is 11.5 Å². The lowest BCUT2D eigenvalue weighted by molar-refractivity contribution is -0.119. The molecule has 0 fully saturated rings. The molecule has 1 N–H and O–H groups in total. The molecule has 1 unspecified atom stereocenters. The van der Waals surface area contributed by atoms with Crippen LogP contribution in [-0.2, 0) is 17.6 Å². The summed E-state index contributed by atoms with van der Waals surface area (Å²) in [6.07, 6.45) is 0.978. The van der Waals surface area contributed by atoms with E-state index < -0.39 is 0 Å². The number of carbonyl (C=O) groups excluding carboxylic acids is 1. The fourth-order valence-corrected chi connectivity index (χ4v) is 2.19. The van der Waals surface area contributed by atoms with Crippen molar-refractivity contribution in [1.82, 2.24) is 5.32 Å². The van der Waals surface area contributed by atoms with Gasteiger partial charge in [0.05, 0.1) is 12.5 Å². The summed E-state index contributed by atoms with van der Waals surface area (Å²) in [5.41, 5.74) is 1.93. The van der Waals surface area contributed by atoms with Gasteiger partial charge in [-0.1, -0.05) is 0 Å². The number of nitrogens with zero attached hydrogens (tertiary/aromatic N) is 1. The van der Waals surface area contributed by atoms with Crippen molar-refractivity contribution in [1.29, 1.82) is 5.26 Å². The highest BCUT2D eigenvalue weighted by molar-refractivity contribution is 5.73. The number of carbonyl (C=O) groups is 1. The van der Waals surface area contributed by atoms with E-state index in [9.17, 15) is 4.79 Å². The Morgan fingerprint density at radius 1 is 1.42 bits per heavy atom. The van der Waals surface area contributed by atoms with Gasteiger partial charge in [-0.15, -0.1) is 0 Å². The zero-order valence-electron chi connectivity index (χ0n) is 11.0. The fourth-order valence-electron chi connectivity index (χ4n) is 2.19. The number of fused-ring (bicyclic) bond motifs is 1. The summed E-state index contributed by atoms with van der Waals surface area (Å²) in [7, 11) is 0. The monoisotopic (exact) mass is 260 g/mol. The smallest absolute Gasteiger partial charge is 0.231 e. The largest absolute Gasteiger partial charge is 0.454 e. The predicted octanol–water partition coefficient (Wildman–Crippen LogP) is 1.55. The number of hydrogen-bond donors (Lipinski definition) is 1. The summed E-state index contributed by atoms with van der Waals surface area (Å²) in [6, 6.07) is 5.90. The van der Waals surface area contributed by atoms with E-state index in [0.717, 1.165) is 11.1 Å². The molecule has 1 aliphatic rings. The van der Waals surface area contributed by atoms with Crippen molar-refractivity contribution in [2.75, 3.05) is 6.79 Å². The Bertz CT molecular complexity index is 534. The molecule has 0 bridgehead atoms. The van der Waals surface area contributed by atoms with Crippen LogP contribution in [0.4, 0.5) is 0 Å². The van der Waals surface area contributed by atoms with Crippen LogP contribution in [0.15, 0.2) is 12.1 Å². The van der Waals surface area contributed by atoms with Crippen molar-refractivity contribution in [3.8, 4) is 17.6 Å². The zero-order valence-corrected chi connectivity index (χ0v) is 11.0. The highest BCUT2D eigenvalue weighted by Crippen LogP contribution is 2.35. The fraction of sp³-hybridized carbons (Fsp3) is 0.429. The maximum atomic E-state index is 11.0. The van der Waals surface area contributed by atoms with E-state index in [1.54, 1.807) is 0 Å². The minimum absolute atomic E-state index is 0.00955. The Kier molecular flexibility index (Phi) is 3.91. The highest BCUT2D eigenvalue weighted by atomic mass is 16.7. The van der Waals surface area contributed by atoms with Gasteiger partial charge in [-0.3, -0.25) is 4.79 Å². The second kappa shape index (κ2) is 5.61. The summed E-state index contributed by atoms with van der Waals surface area (Å²) < 4.78 is 10.7. The second-order valence-corrected chi connectivity index (χ2v) is 4.61. The van der Waals surface area contributed by atoms with Crippen molar-refractivity contribution in [3.63, 3.8) is 0 Å². The summed E-state index contributed by atoms with van der Waals surface area (Å²) in [6.45, 7) is 3.64. The minimum Gasteiger partial charge on any atom is -0.454 e. The average molecular weight is 260 g/mol. The van der Waals surface area contributed by atoms with Gasteiger partial charge < -0.3 is 14.8 Å². The first-order chi connectivity index (χ1) is 9.10. The molecular formula is C14H16N2O3. The lowest BCUT2D eigenvalue weighted by Gasteiger charge is -2.15. The normalized spacial score (nSPS) is 13.7. The Hall–Kier alpha value is -2.22. The number of nitrogens with one attached hydrogen (secondary N) is 1. The molecule has 5 heteroatoms. The third-order valence-corrected chi connectivity index (χ3v) is 2.94. The predicted molar refractivity (Wildman–Crippen MR) is 68.9 cm³/mol. The van der Waals surface area contributed by atoms with Gasteiger partial charge in [0.25, 0.3) is 0 Å². The van der Waals surface area contributed by atoms with E-state index in [1.165, 1.54) is 6.92 Å². The lowest BCUT2D eigenvalue weighted by atomic mass is 9.98. The number of ether oxygens (including phenoxy) is 2. The Labute approximate surface area is 112 Å². The molecule has 0 aromatic heterocycles. The Balaban J connectivity index is 2.23. The average Bonchev–Trinajstić information content (AvgIpc) is 2.75. The van der Waals surface area contributed by atoms with E-state index in [2.05, 4.69) is 11.4 Å². The van der Waals surface area contributed by atoms with E-state index in [0.29, 0.717) is 24.3 Å². The van der Waals surface area contributed by atoms with Gasteiger partial charge in [-0.2, -0.15) is 5.26 Å². The molecule has 0 radical (unpaired) electrons. The molecule has 1 atom stereocenters. The number of amides is 1. The van der Waals surface area contributed by atoms with E-state index in [1.807, 2.05) is 19.1 Å². The van der Waals surface area contributed by atoms with Crippen LogP contribution >= 0.6 is 0 Å². The molecule has 1 amide bonds. The number of benzene rings is 1. The molecule has 1 aliphatic heterocycles. The van der Waals surface area contributed by atoms with E-state index in [4.69, 9.17) is 14.7 Å². The Morgan fingerprint density at radius 3 is 2.63 bits per heavy atom. The van der Waals surface area contributed by atoms with Crippen LogP contribution in [-0.4, -0.2) is 18.7 Å². The van der Waals surface area contributed by atoms with Crippen LogP contribution in [0.2, 0.25) is 0 Å². The molecule has 0 aliphatic carbocycles. The van der Waals surface area contributed by atoms with Crippen molar-refractivity contribution in [2.24, 2.45) is 0 Å². The molecule has 19 heavy (non-hydrogen) atoms. The first kappa shape index (κ1) is 13.2. The quantitative estimate of drug-likeness (QED) is 0.891. The van der Waals surface area contributed by atoms with Gasteiger partial charge in [0.1, 0.15) is 0 Å². The van der Waals surface area contributed by atoms with Crippen LogP contribution < -0.4 is 14.8 Å². The van der Waals surface area contributed by atoms with Crippen molar-refractivity contribution < 1.29 is 14.3 Å². The molecule has 1 aromatic carbocycles. The standard InChI is InChI=1S/C14H16N2O3/c1-9(16-10(2)17)5-12-7-14-13(18-8-19-14)6-11(12)3-4-15/h6-7,9H,3,5,8H2,1-2H3,(H,16,17). The third kappa shape index (κ3) is 3.16. The number of hydrogen-bond acceptors (Lipinski definition) is 4. The van der Waals surface area contributed by atoms with Gasteiger partial charge in [0, 0.05) is 13.0 Å². The lowest BCUT2D eigenvalue weighted by Crippen LogP contribution is -2.32. The molecule has 2 rings (SSSR count). The summed E-state index contributed by atoms with van der Waals surface area (Å²) >= 11 is 0. The van der Waals surface area contributed by atoms with E-state index >= 15 is 0 Å². The van der Waals surface area contributed by atoms with E-state index in [-0.39, 0.29) is 18.7 Å². The molecule has 1 aromatic rings. The van der Waals surface area contributed by atoms with Crippen molar-refractivity contribution in [2.45, 2.75) is 32.7 Å². The Morgan fingerprint density at radius 2 is 2.05 bits per heavy atom. The maximum Gasteiger partial charge on any atom is 0.231 e. The molecule has 100 valence electrons. The topological polar surface area (TPSA) is 71.4 Å². The maximum absolute atomic E-state index is 11.0. The van der Waals surface area contributed by atoms with Crippen LogP contribution in [0.1, 0.15) is 25.0 Å². The first-order valence-electron chi connectivity index (χ1n) is 6.15. The number of rotatable bonds is 4. The molecule has 0 spiro atoms. The van der Waals surface area contributed by atoms with Gasteiger partial charge in [-0.25, -0.2) is 0 Å². The summed E-state index contributed by atoms with van der Waals surface area (Å²) in [5, 5.41) is 11.7. The van der Waals surface area contributed by atoms with Gasteiger partial charge in [0.2, 0.25) is 12.7 Å². The third-order valence-electron chi connectivity index (χ3n) is 2.94. The molecular weight excluding hydrogens is 244 g/mol. The first-order valence-corrected chi connectivity index (χ1v) is 6.15. The van der Waals surface area contributed by atoms with Crippen molar-refractivity contribution in [3.05, 3.63) is 23.3 Å². The molecule has 5 nitrogen and oxygen atoms in total. The highest BCUT2D eigenvalue weighted by Gasteiger charge is 2.18. The van der Waals surface area contributed by atoms with Crippen LogP contribution in [0.3, 0.4) is 0 Å². The minimum atomic E-state index is -0.0601. The molecule has 1 heterocycles. The van der Waals surface area contributed by atoms with Crippen LogP contribution in [0.25, 0.3) is 0 Å². The molecule has 0 saturated carbocycles. The van der Waals surface area contributed by atoms with Crippen LogP contribution in [0, 0.1) is 11.3 Å². The summed E-state index contributed by atoms with van der Waals surface area (Å²) in [4.78, 5) is 11.0. The van der Waals surface area contributed by atoms with Crippen molar-refractivity contribution >= 4 is 5.91 Å². The second-order valence-electron chi connectivity index (χ2n) is 4.61. The number of nitriles is 1. The SMILES string of the molecule is CC(=O)NC(C)Cc1cc2c(cc1CC#N)OCO2. The van der Waals surface area contributed by atoms with Gasteiger partial charge in [0.15, 0.2) is 11.5 Å². The van der Waals surface area contributed by atoms with Gasteiger partial charge in [-0.05, 0) is 36.6 Å². The van der Waals surface area contributed by atoms with Gasteiger partial charge >= 0.3 is 0 Å². The molecule has 0 saturated heterocycles. The summed E-state index contributed by atoms with van der Waals surface area (Å²) in [5.74, 6) is 1.32. The zero-order chi connectivity index (χ0) is 13.8.